The smallest absolute Gasteiger partial charge is 0.252 e. The Morgan fingerprint density at radius 3 is 2.78 bits per heavy atom. The second-order valence-corrected chi connectivity index (χ2v) is 8.05. The topological polar surface area (TPSA) is 63.4 Å². The first-order valence-electron chi connectivity index (χ1n) is 6.26. The molecule has 0 saturated carbocycles. The molecule has 2 rings (SSSR count). The predicted octanol–water partition coefficient (Wildman–Crippen LogP) is 1.80. The third-order valence-electron chi connectivity index (χ3n) is 3.42. The molecule has 2 N–H and O–H groups in total. The Morgan fingerprint density at radius 1 is 1.50 bits per heavy atom. The molecule has 1 saturated heterocycles. The zero-order valence-electron chi connectivity index (χ0n) is 10.8. The molecule has 0 bridgehead atoms. The van der Waals surface area contributed by atoms with Crippen molar-refractivity contribution in [2.75, 3.05) is 13.1 Å². The van der Waals surface area contributed by atoms with E-state index in [2.05, 4.69) is 6.92 Å². The van der Waals surface area contributed by atoms with E-state index in [1.54, 1.807) is 10.4 Å². The van der Waals surface area contributed by atoms with Crippen LogP contribution in [-0.4, -0.2) is 31.9 Å². The summed E-state index contributed by atoms with van der Waals surface area (Å²) in [6.07, 6.45) is 2.04. The van der Waals surface area contributed by atoms with Crippen LogP contribution in [-0.2, 0) is 10.0 Å². The zero-order chi connectivity index (χ0) is 13.3. The van der Waals surface area contributed by atoms with Crippen LogP contribution >= 0.6 is 11.3 Å². The van der Waals surface area contributed by atoms with Gasteiger partial charge in [0.05, 0.1) is 0 Å². The molecule has 1 aromatic rings. The van der Waals surface area contributed by atoms with Crippen molar-refractivity contribution in [1.29, 1.82) is 0 Å². The van der Waals surface area contributed by atoms with E-state index in [1.807, 2.05) is 12.3 Å². The van der Waals surface area contributed by atoms with E-state index in [-0.39, 0.29) is 6.04 Å². The Balaban J connectivity index is 2.18. The molecule has 1 aromatic heterocycles. The van der Waals surface area contributed by atoms with Gasteiger partial charge in [-0.2, -0.15) is 4.31 Å². The van der Waals surface area contributed by atoms with E-state index in [0.29, 0.717) is 23.2 Å². The second kappa shape index (κ2) is 5.28. The zero-order valence-corrected chi connectivity index (χ0v) is 12.4. The summed E-state index contributed by atoms with van der Waals surface area (Å²) < 4.78 is 26.8. The number of sulfonamides is 1. The van der Waals surface area contributed by atoms with Crippen molar-refractivity contribution in [3.8, 4) is 0 Å². The molecule has 1 aliphatic rings. The SMILES string of the molecule is CCC[C@H]1CN(S(=O)(=O)c2cc(C)cs2)C[C@@H]1N. The van der Waals surface area contributed by atoms with Gasteiger partial charge in [0.1, 0.15) is 4.21 Å². The van der Waals surface area contributed by atoms with Crippen LogP contribution < -0.4 is 5.73 Å². The van der Waals surface area contributed by atoms with Gasteiger partial charge >= 0.3 is 0 Å². The fourth-order valence-corrected chi connectivity index (χ4v) is 5.31. The van der Waals surface area contributed by atoms with Crippen molar-refractivity contribution in [2.24, 2.45) is 11.7 Å². The highest BCUT2D eigenvalue weighted by molar-refractivity contribution is 7.91. The molecule has 6 heteroatoms. The van der Waals surface area contributed by atoms with Gasteiger partial charge in [-0.1, -0.05) is 13.3 Å². The van der Waals surface area contributed by atoms with Gasteiger partial charge in [0, 0.05) is 19.1 Å². The van der Waals surface area contributed by atoms with E-state index < -0.39 is 10.0 Å². The molecule has 0 unspecified atom stereocenters. The Kier molecular flexibility index (Phi) is 4.11. The van der Waals surface area contributed by atoms with Crippen molar-refractivity contribution < 1.29 is 8.42 Å². The van der Waals surface area contributed by atoms with Gasteiger partial charge in [-0.25, -0.2) is 8.42 Å². The van der Waals surface area contributed by atoms with Crippen LogP contribution in [0.4, 0.5) is 0 Å². The number of nitrogens with zero attached hydrogens (tertiary/aromatic N) is 1. The number of hydrogen-bond acceptors (Lipinski definition) is 4. The van der Waals surface area contributed by atoms with Crippen LogP contribution in [0.25, 0.3) is 0 Å². The van der Waals surface area contributed by atoms with E-state index in [9.17, 15) is 8.42 Å². The molecular weight excluding hydrogens is 268 g/mol. The van der Waals surface area contributed by atoms with Crippen LogP contribution in [0.15, 0.2) is 15.7 Å². The van der Waals surface area contributed by atoms with Gasteiger partial charge in [0.25, 0.3) is 10.0 Å². The van der Waals surface area contributed by atoms with Crippen LogP contribution in [0.2, 0.25) is 0 Å². The molecule has 0 radical (unpaired) electrons. The number of thiophene rings is 1. The molecule has 1 aliphatic heterocycles. The summed E-state index contributed by atoms with van der Waals surface area (Å²) in [4.78, 5) is 0. The normalized spacial score (nSPS) is 25.7. The lowest BCUT2D eigenvalue weighted by atomic mass is 9.99. The number of nitrogens with two attached hydrogens (primary N) is 1. The van der Waals surface area contributed by atoms with Gasteiger partial charge in [-0.05, 0) is 36.3 Å². The molecular formula is C12H20N2O2S2. The third-order valence-corrected chi connectivity index (χ3v) is 6.78. The average Bonchev–Trinajstić information content (AvgIpc) is 2.87. The number of hydrogen-bond donors (Lipinski definition) is 1. The van der Waals surface area contributed by atoms with E-state index in [4.69, 9.17) is 5.73 Å². The average molecular weight is 288 g/mol. The lowest BCUT2D eigenvalue weighted by Gasteiger charge is -2.14. The van der Waals surface area contributed by atoms with Crippen LogP contribution in [0.5, 0.6) is 0 Å². The molecule has 2 heterocycles. The lowest BCUT2D eigenvalue weighted by Crippen LogP contribution is -2.32. The highest BCUT2D eigenvalue weighted by Gasteiger charge is 2.37. The summed E-state index contributed by atoms with van der Waals surface area (Å²) in [5, 5.41) is 1.87. The number of rotatable bonds is 4. The van der Waals surface area contributed by atoms with Crippen molar-refractivity contribution >= 4 is 21.4 Å². The second-order valence-electron chi connectivity index (χ2n) is 4.98. The van der Waals surface area contributed by atoms with Gasteiger partial charge in [-0.3, -0.25) is 0 Å². The summed E-state index contributed by atoms with van der Waals surface area (Å²) in [5.74, 6) is 0.297. The molecule has 0 amide bonds. The van der Waals surface area contributed by atoms with E-state index in [1.165, 1.54) is 11.3 Å². The van der Waals surface area contributed by atoms with Crippen LogP contribution in [0.1, 0.15) is 25.3 Å². The van der Waals surface area contributed by atoms with E-state index >= 15 is 0 Å². The minimum absolute atomic E-state index is 0.0271. The summed E-state index contributed by atoms with van der Waals surface area (Å²) in [6, 6.07) is 1.71. The van der Waals surface area contributed by atoms with Crippen LogP contribution in [0.3, 0.4) is 0 Å². The Labute approximate surface area is 113 Å². The summed E-state index contributed by atoms with van der Waals surface area (Å²) in [5.41, 5.74) is 7.03. The van der Waals surface area contributed by atoms with Crippen molar-refractivity contribution in [3.63, 3.8) is 0 Å². The number of aryl methyl sites for hydroxylation is 1. The Bertz CT molecular complexity index is 510. The predicted molar refractivity (Wildman–Crippen MR) is 74.2 cm³/mol. The van der Waals surface area contributed by atoms with Crippen LogP contribution in [0, 0.1) is 12.8 Å². The fraction of sp³-hybridized carbons (Fsp3) is 0.667. The first kappa shape index (κ1) is 14.0. The maximum absolute atomic E-state index is 12.4. The molecule has 0 aliphatic carbocycles. The third kappa shape index (κ3) is 2.61. The highest BCUT2D eigenvalue weighted by atomic mass is 32.2. The molecule has 0 spiro atoms. The standard InChI is InChI=1S/C12H20N2O2S2/c1-3-4-10-6-14(7-11(10)13)18(15,16)12-5-9(2)8-17-12/h5,8,10-11H,3-4,6-7,13H2,1-2H3/t10-,11-/m0/s1. The van der Waals surface area contributed by atoms with E-state index in [0.717, 1.165) is 18.4 Å². The molecule has 18 heavy (non-hydrogen) atoms. The van der Waals surface area contributed by atoms with Gasteiger partial charge in [0.2, 0.25) is 0 Å². The summed E-state index contributed by atoms with van der Waals surface area (Å²) in [6.45, 7) is 5.02. The quantitative estimate of drug-likeness (QED) is 0.919. The van der Waals surface area contributed by atoms with Gasteiger partial charge in [-0.15, -0.1) is 11.3 Å². The van der Waals surface area contributed by atoms with Crippen molar-refractivity contribution in [1.82, 2.24) is 4.31 Å². The summed E-state index contributed by atoms with van der Waals surface area (Å²) in [7, 11) is -3.33. The lowest BCUT2D eigenvalue weighted by molar-refractivity contribution is 0.440. The fourth-order valence-electron chi connectivity index (χ4n) is 2.40. The van der Waals surface area contributed by atoms with Gasteiger partial charge in [0.15, 0.2) is 0 Å². The maximum atomic E-state index is 12.4. The first-order valence-corrected chi connectivity index (χ1v) is 8.58. The largest absolute Gasteiger partial charge is 0.326 e. The summed E-state index contributed by atoms with van der Waals surface area (Å²) >= 11 is 1.29. The molecule has 102 valence electrons. The Morgan fingerprint density at radius 2 is 2.22 bits per heavy atom. The Hall–Kier alpha value is -0.430. The minimum Gasteiger partial charge on any atom is -0.326 e. The monoisotopic (exact) mass is 288 g/mol. The molecule has 1 fully saturated rings. The molecule has 4 nitrogen and oxygen atoms in total. The minimum atomic E-state index is -3.33. The van der Waals surface area contributed by atoms with Crippen molar-refractivity contribution in [3.05, 3.63) is 17.0 Å². The highest BCUT2D eigenvalue weighted by Crippen LogP contribution is 2.29. The molecule has 2 atom stereocenters. The first-order chi connectivity index (χ1) is 8.45. The van der Waals surface area contributed by atoms with Gasteiger partial charge < -0.3 is 5.73 Å². The maximum Gasteiger partial charge on any atom is 0.252 e. The van der Waals surface area contributed by atoms with Crippen molar-refractivity contribution in [2.45, 2.75) is 36.9 Å². The molecule has 0 aromatic carbocycles.